The van der Waals surface area contributed by atoms with Crippen LogP contribution in [0.1, 0.15) is 40.4 Å². The van der Waals surface area contributed by atoms with E-state index in [-0.39, 0.29) is 17.7 Å². The zero-order chi connectivity index (χ0) is 22.5. The van der Waals surface area contributed by atoms with E-state index < -0.39 is 17.8 Å². The number of carbonyl (C=O) groups is 1. The van der Waals surface area contributed by atoms with Gasteiger partial charge in [-0.15, -0.1) is 0 Å². The summed E-state index contributed by atoms with van der Waals surface area (Å²) in [5.74, 6) is -0.873. The summed E-state index contributed by atoms with van der Waals surface area (Å²) in [4.78, 5) is 28.0. The van der Waals surface area contributed by atoms with Crippen molar-refractivity contribution < 1.29 is 9.18 Å². The molecule has 1 saturated heterocycles. The number of likely N-dealkylation sites (tertiary alicyclic amines) is 1. The lowest BCUT2D eigenvalue weighted by Gasteiger charge is -2.29. The van der Waals surface area contributed by atoms with Crippen LogP contribution in [0, 0.1) is 5.82 Å². The summed E-state index contributed by atoms with van der Waals surface area (Å²) in [7, 11) is 0. The number of hydrogen-bond donors (Lipinski definition) is 1. The van der Waals surface area contributed by atoms with E-state index in [1.54, 1.807) is 24.4 Å². The zero-order valence-corrected chi connectivity index (χ0v) is 18.4. The minimum Gasteiger partial charge on any atom is -0.350 e. The van der Waals surface area contributed by atoms with E-state index in [9.17, 15) is 14.0 Å². The number of nitrogens with zero attached hydrogens (tertiary/aromatic N) is 2. The van der Waals surface area contributed by atoms with E-state index in [0.717, 1.165) is 31.5 Å². The first kappa shape index (κ1) is 22.2. The van der Waals surface area contributed by atoms with Gasteiger partial charge in [-0.2, -0.15) is 0 Å². The maximum Gasteiger partial charge on any atom is 0.263 e. The number of rotatable bonds is 7. The summed E-state index contributed by atoms with van der Waals surface area (Å²) in [6, 6.07) is 17.0. The van der Waals surface area contributed by atoms with Gasteiger partial charge < -0.3 is 9.88 Å². The summed E-state index contributed by atoms with van der Waals surface area (Å²) >= 11 is 6.33. The minimum atomic E-state index is -0.478. The molecule has 1 aromatic heterocycles. The fraction of sp³-hybridized carbons (Fsp3) is 0.280. The smallest absolute Gasteiger partial charge is 0.263 e. The van der Waals surface area contributed by atoms with Gasteiger partial charge in [-0.1, -0.05) is 48.0 Å². The Morgan fingerprint density at radius 3 is 2.50 bits per heavy atom. The maximum absolute atomic E-state index is 14.6. The van der Waals surface area contributed by atoms with Crippen LogP contribution in [0.3, 0.4) is 0 Å². The van der Waals surface area contributed by atoms with E-state index in [0.29, 0.717) is 17.1 Å². The Kier molecular flexibility index (Phi) is 7.02. The van der Waals surface area contributed by atoms with Crippen LogP contribution in [0.15, 0.2) is 71.7 Å². The number of benzene rings is 2. The molecular formula is C25H25ClFN3O2. The molecule has 1 unspecified atom stereocenters. The van der Waals surface area contributed by atoms with Crippen molar-refractivity contribution in [2.75, 3.05) is 19.6 Å². The van der Waals surface area contributed by atoms with Crippen molar-refractivity contribution >= 4 is 17.5 Å². The zero-order valence-electron chi connectivity index (χ0n) is 17.6. The van der Waals surface area contributed by atoms with Crippen molar-refractivity contribution in [1.29, 1.82) is 0 Å². The van der Waals surface area contributed by atoms with Crippen molar-refractivity contribution in [3.8, 4) is 0 Å². The number of aromatic nitrogens is 1. The molecule has 4 rings (SSSR count). The lowest BCUT2D eigenvalue weighted by Crippen LogP contribution is -2.39. The lowest BCUT2D eigenvalue weighted by atomic mass is 10.0. The molecule has 0 radical (unpaired) electrons. The highest BCUT2D eigenvalue weighted by atomic mass is 35.5. The van der Waals surface area contributed by atoms with Crippen LogP contribution in [0.2, 0.25) is 5.02 Å². The van der Waals surface area contributed by atoms with E-state index in [4.69, 9.17) is 11.6 Å². The molecule has 1 N–H and O–H groups in total. The number of halogens is 2. The fourth-order valence-corrected chi connectivity index (χ4v) is 4.48. The van der Waals surface area contributed by atoms with E-state index in [2.05, 4.69) is 10.2 Å². The van der Waals surface area contributed by atoms with E-state index in [1.165, 1.54) is 16.7 Å². The number of nitrogens with one attached hydrogen (secondary N) is 1. The van der Waals surface area contributed by atoms with Crippen molar-refractivity contribution in [2.24, 2.45) is 0 Å². The largest absolute Gasteiger partial charge is 0.350 e. The average molecular weight is 454 g/mol. The van der Waals surface area contributed by atoms with Gasteiger partial charge in [0.15, 0.2) is 0 Å². The molecule has 2 aromatic carbocycles. The predicted octanol–water partition coefficient (Wildman–Crippen LogP) is 4.26. The van der Waals surface area contributed by atoms with Crippen LogP contribution in [-0.2, 0) is 6.54 Å². The Balaban J connectivity index is 1.54. The molecular weight excluding hydrogens is 429 g/mol. The molecule has 3 aromatic rings. The fourth-order valence-electron chi connectivity index (χ4n) is 4.19. The number of pyridine rings is 1. The number of carbonyl (C=O) groups excluding carboxylic acids is 1. The van der Waals surface area contributed by atoms with Gasteiger partial charge >= 0.3 is 0 Å². The van der Waals surface area contributed by atoms with Crippen LogP contribution < -0.4 is 10.9 Å². The molecule has 166 valence electrons. The Bertz CT molecular complexity index is 1120. The molecule has 0 spiro atoms. The van der Waals surface area contributed by atoms with Crippen LogP contribution in [0.4, 0.5) is 4.39 Å². The van der Waals surface area contributed by atoms with Crippen LogP contribution in [0.25, 0.3) is 0 Å². The molecule has 1 fully saturated rings. The Hall–Kier alpha value is -2.96. The average Bonchev–Trinajstić information content (AvgIpc) is 3.32. The molecule has 7 heteroatoms. The van der Waals surface area contributed by atoms with Crippen LogP contribution in [-0.4, -0.2) is 35.0 Å². The molecule has 1 amide bonds. The first-order chi connectivity index (χ1) is 15.5. The van der Waals surface area contributed by atoms with Crippen molar-refractivity contribution in [3.05, 3.63) is 105 Å². The Morgan fingerprint density at radius 2 is 1.78 bits per heavy atom. The molecule has 2 heterocycles. The van der Waals surface area contributed by atoms with Gasteiger partial charge in [-0.05, 0) is 55.8 Å². The topological polar surface area (TPSA) is 54.3 Å². The van der Waals surface area contributed by atoms with Gasteiger partial charge in [0.1, 0.15) is 11.4 Å². The Morgan fingerprint density at radius 1 is 1.03 bits per heavy atom. The standard InChI is InChI=1S/C25H25ClFN3O2/c26-20-11-6-12-21(27)23(20)22(29-13-4-5-14-29)16-28-24(31)19-10-7-15-30(25(19)32)17-18-8-2-1-3-9-18/h1-3,6-12,15,22H,4-5,13-14,16-17H2,(H,28,31). The quantitative estimate of drug-likeness (QED) is 0.581. The van der Waals surface area contributed by atoms with Crippen LogP contribution >= 0.6 is 11.6 Å². The van der Waals surface area contributed by atoms with E-state index in [1.807, 2.05) is 30.3 Å². The number of hydrogen-bond acceptors (Lipinski definition) is 3. The molecule has 1 aliphatic heterocycles. The predicted molar refractivity (Wildman–Crippen MR) is 124 cm³/mol. The second kappa shape index (κ2) is 10.1. The monoisotopic (exact) mass is 453 g/mol. The second-order valence-corrected chi connectivity index (χ2v) is 8.35. The summed E-state index contributed by atoms with van der Waals surface area (Å²) in [5, 5.41) is 3.18. The van der Waals surface area contributed by atoms with Gasteiger partial charge in [0.25, 0.3) is 11.5 Å². The van der Waals surface area contributed by atoms with Crippen molar-refractivity contribution in [3.63, 3.8) is 0 Å². The highest BCUT2D eigenvalue weighted by molar-refractivity contribution is 6.31. The molecule has 1 atom stereocenters. The normalized spacial score (nSPS) is 14.9. The Labute approximate surface area is 191 Å². The van der Waals surface area contributed by atoms with Gasteiger partial charge in [0.2, 0.25) is 0 Å². The molecule has 0 saturated carbocycles. The summed E-state index contributed by atoms with van der Waals surface area (Å²) in [6.45, 7) is 2.15. The molecule has 5 nitrogen and oxygen atoms in total. The SMILES string of the molecule is O=C(NCC(c1c(F)cccc1Cl)N1CCCC1)c1cccn(Cc2ccccc2)c1=O. The lowest BCUT2D eigenvalue weighted by molar-refractivity contribution is 0.0935. The molecule has 0 aliphatic carbocycles. The second-order valence-electron chi connectivity index (χ2n) is 7.94. The molecule has 32 heavy (non-hydrogen) atoms. The minimum absolute atomic E-state index is 0.0585. The third-order valence-electron chi connectivity index (χ3n) is 5.83. The first-order valence-corrected chi connectivity index (χ1v) is 11.1. The first-order valence-electron chi connectivity index (χ1n) is 10.7. The van der Waals surface area contributed by atoms with Gasteiger partial charge in [0.05, 0.1) is 12.6 Å². The highest BCUT2D eigenvalue weighted by Crippen LogP contribution is 2.32. The summed E-state index contributed by atoms with van der Waals surface area (Å²) in [5.41, 5.74) is 1.04. The third-order valence-corrected chi connectivity index (χ3v) is 6.16. The van der Waals surface area contributed by atoms with E-state index >= 15 is 0 Å². The summed E-state index contributed by atoms with van der Waals surface area (Å²) in [6.07, 6.45) is 3.69. The van der Waals surface area contributed by atoms with Crippen molar-refractivity contribution in [1.82, 2.24) is 14.8 Å². The van der Waals surface area contributed by atoms with Gasteiger partial charge in [-0.25, -0.2) is 4.39 Å². The highest BCUT2D eigenvalue weighted by Gasteiger charge is 2.28. The van der Waals surface area contributed by atoms with Gasteiger partial charge in [-0.3, -0.25) is 14.5 Å². The van der Waals surface area contributed by atoms with Crippen molar-refractivity contribution in [2.45, 2.75) is 25.4 Å². The third kappa shape index (κ3) is 4.92. The maximum atomic E-state index is 14.6. The number of amides is 1. The van der Waals surface area contributed by atoms with Crippen LogP contribution in [0.5, 0.6) is 0 Å². The summed E-state index contributed by atoms with van der Waals surface area (Å²) < 4.78 is 16.2. The van der Waals surface area contributed by atoms with Gasteiger partial charge in [0, 0.05) is 23.3 Å². The molecule has 1 aliphatic rings. The molecule has 0 bridgehead atoms.